The van der Waals surface area contributed by atoms with Crippen LogP contribution in [0.25, 0.3) is 0 Å². The molecule has 0 saturated carbocycles. The smallest absolute Gasteiger partial charge is 0.228 e. The van der Waals surface area contributed by atoms with Crippen molar-refractivity contribution in [3.8, 4) is 11.8 Å². The summed E-state index contributed by atoms with van der Waals surface area (Å²) in [5, 5.41) is 15.8. The van der Waals surface area contributed by atoms with Crippen LogP contribution < -0.4 is 15.4 Å². The lowest BCUT2D eigenvalue weighted by atomic mass is 10.1. The van der Waals surface area contributed by atoms with Gasteiger partial charge in [0.2, 0.25) is 11.9 Å². The highest BCUT2D eigenvalue weighted by Gasteiger charge is 2.07. The number of nitrogens with one attached hydrogen (secondary N) is 2. The number of aromatic nitrogens is 2. The molecule has 2 aromatic carbocycles. The van der Waals surface area contributed by atoms with E-state index in [1.54, 1.807) is 31.5 Å². The Morgan fingerprint density at radius 1 is 1.21 bits per heavy atom. The lowest BCUT2D eigenvalue weighted by molar-refractivity contribution is -0.114. The van der Waals surface area contributed by atoms with E-state index in [2.05, 4.69) is 26.7 Å². The molecule has 0 atom stereocenters. The van der Waals surface area contributed by atoms with Crippen LogP contribution in [0, 0.1) is 11.3 Å². The van der Waals surface area contributed by atoms with Gasteiger partial charge in [0.05, 0.1) is 18.4 Å². The average Bonchev–Trinajstić information content (AvgIpc) is 2.69. The number of nitriles is 1. The average molecular weight is 391 g/mol. The molecule has 3 rings (SSSR count). The third-order valence-corrected chi connectivity index (χ3v) is 4.53. The maximum absolute atomic E-state index is 11.2. The molecular formula is C20H17N5O2S. The van der Waals surface area contributed by atoms with Crippen molar-refractivity contribution < 1.29 is 9.53 Å². The molecule has 0 fully saturated rings. The molecular weight excluding hydrogens is 374 g/mol. The second kappa shape index (κ2) is 8.88. The Hall–Kier alpha value is -3.57. The molecule has 0 unspecified atom stereocenters. The number of rotatable bonds is 6. The Morgan fingerprint density at radius 3 is 2.82 bits per heavy atom. The molecule has 0 aliphatic heterocycles. The van der Waals surface area contributed by atoms with Gasteiger partial charge in [-0.15, -0.1) is 0 Å². The van der Waals surface area contributed by atoms with Crippen LogP contribution in [0.15, 0.2) is 64.6 Å². The fourth-order valence-electron chi connectivity index (χ4n) is 2.39. The second-order valence-electron chi connectivity index (χ2n) is 5.68. The van der Waals surface area contributed by atoms with Gasteiger partial charge in [-0.3, -0.25) is 4.79 Å². The Labute approximate surface area is 166 Å². The zero-order valence-corrected chi connectivity index (χ0v) is 16.1. The van der Waals surface area contributed by atoms with Crippen LogP contribution in [0.4, 0.5) is 17.3 Å². The van der Waals surface area contributed by atoms with Crippen molar-refractivity contribution >= 4 is 35.0 Å². The van der Waals surface area contributed by atoms with Gasteiger partial charge in [0.25, 0.3) is 0 Å². The zero-order chi connectivity index (χ0) is 19.9. The summed E-state index contributed by atoms with van der Waals surface area (Å²) in [5.41, 5.74) is 1.46. The van der Waals surface area contributed by atoms with Gasteiger partial charge in [0, 0.05) is 23.7 Å². The summed E-state index contributed by atoms with van der Waals surface area (Å²) in [7, 11) is 1.63. The molecule has 8 heteroatoms. The zero-order valence-electron chi connectivity index (χ0n) is 15.3. The van der Waals surface area contributed by atoms with Crippen LogP contribution in [0.5, 0.6) is 5.75 Å². The van der Waals surface area contributed by atoms with Crippen molar-refractivity contribution in [2.45, 2.75) is 16.8 Å². The van der Waals surface area contributed by atoms with Crippen molar-refractivity contribution in [3.63, 3.8) is 0 Å². The van der Waals surface area contributed by atoms with E-state index in [-0.39, 0.29) is 5.91 Å². The number of hydrogen-bond donors (Lipinski definition) is 2. The molecule has 140 valence electrons. The molecule has 7 nitrogen and oxygen atoms in total. The SMILES string of the molecule is COc1cccc(Sc2ccnc(Nc3ccc(NC(C)=O)c(C#N)c3)n2)c1. The van der Waals surface area contributed by atoms with E-state index in [1.165, 1.54) is 18.7 Å². The summed E-state index contributed by atoms with van der Waals surface area (Å²) in [4.78, 5) is 20.9. The lowest BCUT2D eigenvalue weighted by Crippen LogP contribution is -2.07. The quantitative estimate of drug-likeness (QED) is 0.607. The molecule has 1 aromatic heterocycles. The summed E-state index contributed by atoms with van der Waals surface area (Å²) in [6, 6.07) is 16.6. The third kappa shape index (κ3) is 4.99. The molecule has 28 heavy (non-hydrogen) atoms. The largest absolute Gasteiger partial charge is 0.497 e. The predicted octanol–water partition coefficient (Wildman–Crippen LogP) is 4.21. The number of amides is 1. The van der Waals surface area contributed by atoms with E-state index in [0.29, 0.717) is 22.9 Å². The van der Waals surface area contributed by atoms with Crippen molar-refractivity contribution in [2.24, 2.45) is 0 Å². The number of benzene rings is 2. The molecule has 0 aliphatic rings. The molecule has 0 saturated heterocycles. The molecule has 3 aromatic rings. The number of carbonyl (C=O) groups excluding carboxylic acids is 1. The number of hydrogen-bond acceptors (Lipinski definition) is 7. The van der Waals surface area contributed by atoms with Gasteiger partial charge in [0.15, 0.2) is 0 Å². The molecule has 1 heterocycles. The highest BCUT2D eigenvalue weighted by molar-refractivity contribution is 7.99. The third-order valence-electron chi connectivity index (χ3n) is 3.60. The van der Waals surface area contributed by atoms with E-state index in [1.807, 2.05) is 30.3 Å². The summed E-state index contributed by atoms with van der Waals surface area (Å²) >= 11 is 1.49. The summed E-state index contributed by atoms with van der Waals surface area (Å²) < 4.78 is 5.24. The number of ether oxygens (including phenoxy) is 1. The highest BCUT2D eigenvalue weighted by Crippen LogP contribution is 2.29. The summed E-state index contributed by atoms with van der Waals surface area (Å²) in [6.07, 6.45) is 1.66. The van der Waals surface area contributed by atoms with E-state index in [9.17, 15) is 10.1 Å². The normalized spacial score (nSPS) is 10.0. The first kappa shape index (κ1) is 19.2. The van der Waals surface area contributed by atoms with E-state index >= 15 is 0 Å². The number of methoxy groups -OCH3 is 1. The van der Waals surface area contributed by atoms with E-state index < -0.39 is 0 Å². The van der Waals surface area contributed by atoms with Crippen LogP contribution in [0.2, 0.25) is 0 Å². The van der Waals surface area contributed by atoms with Crippen LogP contribution >= 0.6 is 11.8 Å². The Kier molecular flexibility index (Phi) is 6.09. The Bertz CT molecular complexity index is 1050. The first-order valence-electron chi connectivity index (χ1n) is 8.31. The highest BCUT2D eigenvalue weighted by atomic mass is 32.2. The van der Waals surface area contributed by atoms with E-state index in [0.717, 1.165) is 15.7 Å². The lowest BCUT2D eigenvalue weighted by Gasteiger charge is -2.09. The molecule has 0 spiro atoms. The minimum absolute atomic E-state index is 0.234. The minimum atomic E-state index is -0.234. The van der Waals surface area contributed by atoms with Crippen LogP contribution in [0.3, 0.4) is 0 Å². The van der Waals surface area contributed by atoms with Gasteiger partial charge in [0.1, 0.15) is 16.8 Å². The molecule has 1 amide bonds. The fourth-order valence-corrected chi connectivity index (χ4v) is 3.21. The van der Waals surface area contributed by atoms with E-state index in [4.69, 9.17) is 4.74 Å². The number of carbonyl (C=O) groups is 1. The predicted molar refractivity (Wildman–Crippen MR) is 108 cm³/mol. The monoisotopic (exact) mass is 391 g/mol. The Balaban J connectivity index is 1.77. The van der Waals surface area contributed by atoms with Crippen molar-refractivity contribution in [3.05, 3.63) is 60.3 Å². The van der Waals surface area contributed by atoms with Crippen molar-refractivity contribution in [2.75, 3.05) is 17.7 Å². The van der Waals surface area contributed by atoms with Gasteiger partial charge in [-0.1, -0.05) is 17.8 Å². The second-order valence-corrected chi connectivity index (χ2v) is 6.77. The summed E-state index contributed by atoms with van der Waals surface area (Å²) in [6.45, 7) is 1.40. The Morgan fingerprint density at radius 2 is 2.07 bits per heavy atom. The molecule has 0 radical (unpaired) electrons. The maximum Gasteiger partial charge on any atom is 0.228 e. The van der Waals surface area contributed by atoms with Gasteiger partial charge < -0.3 is 15.4 Å². The van der Waals surface area contributed by atoms with Crippen LogP contribution in [-0.4, -0.2) is 23.0 Å². The minimum Gasteiger partial charge on any atom is -0.497 e. The fraction of sp³-hybridized carbons (Fsp3) is 0.100. The van der Waals surface area contributed by atoms with Crippen molar-refractivity contribution in [1.29, 1.82) is 5.26 Å². The van der Waals surface area contributed by atoms with Gasteiger partial charge in [-0.25, -0.2) is 9.97 Å². The van der Waals surface area contributed by atoms with Crippen LogP contribution in [0.1, 0.15) is 12.5 Å². The molecule has 2 N–H and O–H groups in total. The molecule has 0 bridgehead atoms. The van der Waals surface area contributed by atoms with Gasteiger partial charge in [-0.2, -0.15) is 5.26 Å². The number of anilines is 3. The van der Waals surface area contributed by atoms with Gasteiger partial charge in [-0.05, 0) is 42.5 Å². The molecule has 0 aliphatic carbocycles. The maximum atomic E-state index is 11.2. The van der Waals surface area contributed by atoms with Crippen molar-refractivity contribution in [1.82, 2.24) is 9.97 Å². The number of nitrogens with zero attached hydrogens (tertiary/aromatic N) is 3. The standard InChI is InChI=1S/C20H17N5O2S/c1-13(26)23-18-7-6-15(10-14(18)12-21)24-20-22-9-8-19(25-20)28-17-5-3-4-16(11-17)27-2/h3-11H,1-2H3,(H,23,26)(H,22,24,25). The topological polar surface area (TPSA) is 99.9 Å². The first-order chi connectivity index (χ1) is 13.6. The van der Waals surface area contributed by atoms with Gasteiger partial charge >= 0.3 is 0 Å². The first-order valence-corrected chi connectivity index (χ1v) is 9.13. The van der Waals surface area contributed by atoms with Crippen LogP contribution in [-0.2, 0) is 4.79 Å². The summed E-state index contributed by atoms with van der Waals surface area (Å²) in [5.74, 6) is 0.951.